The normalized spacial score (nSPS) is 17.6. The second kappa shape index (κ2) is 6.10. The van der Waals surface area contributed by atoms with E-state index in [9.17, 15) is 9.90 Å². The number of Topliss-reactive ketones (excluding diaryl/α,β-unsaturated/α-hetero) is 1. The lowest BCUT2D eigenvalue weighted by Crippen LogP contribution is -2.31. The third-order valence-electron chi connectivity index (χ3n) is 4.83. The summed E-state index contributed by atoms with van der Waals surface area (Å²) >= 11 is 0. The number of carbonyl (C=O) groups excluding carboxylic acids is 1. The predicted octanol–water partition coefficient (Wildman–Crippen LogP) is 4.97. The van der Waals surface area contributed by atoms with Crippen LogP contribution in [0.1, 0.15) is 24.9 Å². The molecule has 25 heavy (non-hydrogen) atoms. The Balaban J connectivity index is 1.91. The van der Waals surface area contributed by atoms with Gasteiger partial charge in [-0.25, -0.2) is 0 Å². The minimum atomic E-state index is -0.143. The molecule has 1 aliphatic heterocycles. The molecule has 0 spiro atoms. The molecule has 0 fully saturated rings. The number of aromatic hydroxyl groups is 1. The molecule has 0 saturated heterocycles. The van der Waals surface area contributed by atoms with Crippen LogP contribution in [0.25, 0.3) is 10.8 Å². The van der Waals surface area contributed by atoms with E-state index in [-0.39, 0.29) is 17.6 Å². The first-order chi connectivity index (χ1) is 12.1. The molecular weight excluding hydrogens is 310 g/mol. The SMILES string of the molecule is CC1=CN(c2ccccc2O)[C@H](c2cccc3ccccc23)CC1=O. The average Bonchev–Trinajstić information content (AvgIpc) is 2.64. The summed E-state index contributed by atoms with van der Waals surface area (Å²) in [5.74, 6) is 0.357. The van der Waals surface area contributed by atoms with Crippen LogP contribution in [-0.4, -0.2) is 10.9 Å². The Labute approximate surface area is 146 Å². The average molecular weight is 329 g/mol. The zero-order chi connectivity index (χ0) is 17.4. The van der Waals surface area contributed by atoms with Gasteiger partial charge in [0.05, 0.1) is 11.7 Å². The van der Waals surface area contributed by atoms with Gasteiger partial charge in [0.2, 0.25) is 0 Å². The Bertz CT molecular complexity index is 985. The fourth-order valence-corrected chi connectivity index (χ4v) is 3.53. The highest BCUT2D eigenvalue weighted by molar-refractivity contribution is 5.98. The van der Waals surface area contributed by atoms with Gasteiger partial charge in [-0.3, -0.25) is 4.79 Å². The minimum absolute atomic E-state index is 0.143. The number of fused-ring (bicyclic) bond motifs is 1. The van der Waals surface area contributed by atoms with Crippen LogP contribution >= 0.6 is 0 Å². The Kier molecular flexibility index (Phi) is 3.77. The topological polar surface area (TPSA) is 40.5 Å². The molecule has 0 saturated carbocycles. The fourth-order valence-electron chi connectivity index (χ4n) is 3.53. The summed E-state index contributed by atoms with van der Waals surface area (Å²) in [6.45, 7) is 1.83. The van der Waals surface area contributed by atoms with Crippen molar-refractivity contribution in [3.8, 4) is 5.75 Å². The van der Waals surface area contributed by atoms with E-state index in [4.69, 9.17) is 0 Å². The Hall–Kier alpha value is -3.07. The number of hydrogen-bond acceptors (Lipinski definition) is 3. The van der Waals surface area contributed by atoms with Crippen molar-refractivity contribution in [1.29, 1.82) is 0 Å². The Morgan fingerprint density at radius 1 is 0.960 bits per heavy atom. The lowest BCUT2D eigenvalue weighted by atomic mass is 9.90. The highest BCUT2D eigenvalue weighted by Crippen LogP contribution is 2.40. The second-order valence-corrected chi connectivity index (χ2v) is 6.42. The first-order valence-corrected chi connectivity index (χ1v) is 8.41. The van der Waals surface area contributed by atoms with E-state index in [1.807, 2.05) is 48.4 Å². The molecule has 4 rings (SSSR count). The number of anilines is 1. The summed E-state index contributed by atoms with van der Waals surface area (Å²) in [4.78, 5) is 14.4. The summed E-state index contributed by atoms with van der Waals surface area (Å²) in [6.07, 6.45) is 2.25. The molecule has 0 aliphatic carbocycles. The second-order valence-electron chi connectivity index (χ2n) is 6.42. The number of rotatable bonds is 2. The molecule has 3 aromatic rings. The summed E-state index contributed by atoms with van der Waals surface area (Å²) in [7, 11) is 0. The van der Waals surface area contributed by atoms with Crippen LogP contribution < -0.4 is 4.90 Å². The molecule has 0 amide bonds. The number of benzene rings is 3. The molecule has 3 nitrogen and oxygen atoms in total. The number of ketones is 1. The molecule has 0 radical (unpaired) electrons. The van der Waals surface area contributed by atoms with Gasteiger partial charge in [0.25, 0.3) is 0 Å². The van der Waals surface area contributed by atoms with Crippen molar-refractivity contribution in [3.05, 3.63) is 84.1 Å². The van der Waals surface area contributed by atoms with Crippen molar-refractivity contribution >= 4 is 22.2 Å². The maximum absolute atomic E-state index is 12.4. The van der Waals surface area contributed by atoms with Gasteiger partial charge < -0.3 is 10.0 Å². The molecule has 0 unspecified atom stereocenters. The zero-order valence-corrected chi connectivity index (χ0v) is 14.0. The van der Waals surface area contributed by atoms with Gasteiger partial charge in [0.15, 0.2) is 5.78 Å². The minimum Gasteiger partial charge on any atom is -0.506 e. The molecule has 1 atom stereocenters. The van der Waals surface area contributed by atoms with Crippen molar-refractivity contribution in [2.45, 2.75) is 19.4 Å². The lowest BCUT2D eigenvalue weighted by molar-refractivity contribution is -0.116. The van der Waals surface area contributed by atoms with Gasteiger partial charge in [-0.1, -0.05) is 54.6 Å². The monoisotopic (exact) mass is 329 g/mol. The highest BCUT2D eigenvalue weighted by Gasteiger charge is 2.30. The van der Waals surface area contributed by atoms with Crippen LogP contribution in [0.2, 0.25) is 0 Å². The van der Waals surface area contributed by atoms with Gasteiger partial charge >= 0.3 is 0 Å². The van der Waals surface area contributed by atoms with Crippen molar-refractivity contribution < 1.29 is 9.90 Å². The zero-order valence-electron chi connectivity index (χ0n) is 14.0. The van der Waals surface area contributed by atoms with Crippen molar-refractivity contribution in [2.24, 2.45) is 0 Å². The van der Waals surface area contributed by atoms with Crippen LogP contribution in [0.4, 0.5) is 5.69 Å². The van der Waals surface area contributed by atoms with E-state index in [2.05, 4.69) is 24.3 Å². The van der Waals surface area contributed by atoms with E-state index in [1.54, 1.807) is 12.1 Å². The van der Waals surface area contributed by atoms with Gasteiger partial charge in [0, 0.05) is 18.2 Å². The third kappa shape index (κ3) is 2.68. The molecule has 1 N–H and O–H groups in total. The van der Waals surface area contributed by atoms with E-state index < -0.39 is 0 Å². The lowest BCUT2D eigenvalue weighted by Gasteiger charge is -2.35. The quantitative estimate of drug-likeness (QED) is 0.721. The van der Waals surface area contributed by atoms with Crippen LogP contribution in [0.3, 0.4) is 0 Å². The predicted molar refractivity (Wildman–Crippen MR) is 101 cm³/mol. The molecule has 124 valence electrons. The molecule has 1 heterocycles. The summed E-state index contributed by atoms with van der Waals surface area (Å²) in [5, 5.41) is 12.6. The molecule has 3 aromatic carbocycles. The maximum atomic E-state index is 12.4. The first kappa shape index (κ1) is 15.5. The molecule has 3 heteroatoms. The van der Waals surface area contributed by atoms with Crippen LogP contribution in [0, 0.1) is 0 Å². The highest BCUT2D eigenvalue weighted by atomic mass is 16.3. The smallest absolute Gasteiger partial charge is 0.162 e. The number of phenols is 1. The van der Waals surface area contributed by atoms with Crippen LogP contribution in [0.5, 0.6) is 5.75 Å². The van der Waals surface area contributed by atoms with E-state index in [0.29, 0.717) is 17.7 Å². The van der Waals surface area contributed by atoms with Crippen LogP contribution in [0.15, 0.2) is 78.5 Å². The van der Waals surface area contributed by atoms with Crippen molar-refractivity contribution in [1.82, 2.24) is 0 Å². The standard InChI is InChI=1S/C22H19NO2/c1-15-14-23(19-11-4-5-12-21(19)24)20(13-22(15)25)18-10-6-8-16-7-2-3-9-17(16)18/h2-12,14,20,24H,13H2,1H3/t20-/m0/s1. The number of para-hydroxylation sites is 2. The van der Waals surface area contributed by atoms with Crippen molar-refractivity contribution in [2.75, 3.05) is 4.90 Å². The van der Waals surface area contributed by atoms with E-state index in [0.717, 1.165) is 16.3 Å². The van der Waals surface area contributed by atoms with Gasteiger partial charge in [-0.15, -0.1) is 0 Å². The number of allylic oxidation sites excluding steroid dienone is 1. The Morgan fingerprint density at radius 2 is 1.68 bits per heavy atom. The fraction of sp³-hybridized carbons (Fsp3) is 0.136. The molecule has 0 bridgehead atoms. The third-order valence-corrected chi connectivity index (χ3v) is 4.83. The number of hydrogen-bond donors (Lipinski definition) is 1. The van der Waals surface area contributed by atoms with E-state index >= 15 is 0 Å². The number of carbonyl (C=O) groups is 1. The molecular formula is C22H19NO2. The van der Waals surface area contributed by atoms with Gasteiger partial charge in [-0.2, -0.15) is 0 Å². The molecule has 1 aliphatic rings. The van der Waals surface area contributed by atoms with Gasteiger partial charge in [-0.05, 0) is 35.4 Å². The first-order valence-electron chi connectivity index (χ1n) is 8.41. The number of phenolic OH excluding ortho intramolecular Hbond substituents is 1. The number of nitrogens with zero attached hydrogens (tertiary/aromatic N) is 1. The van der Waals surface area contributed by atoms with Crippen molar-refractivity contribution in [3.63, 3.8) is 0 Å². The molecule has 0 aromatic heterocycles. The largest absolute Gasteiger partial charge is 0.506 e. The maximum Gasteiger partial charge on any atom is 0.162 e. The summed E-state index contributed by atoms with van der Waals surface area (Å²) in [5.41, 5.74) is 2.52. The van der Waals surface area contributed by atoms with Crippen LogP contribution in [-0.2, 0) is 4.79 Å². The summed E-state index contributed by atoms with van der Waals surface area (Å²) in [6, 6.07) is 21.5. The summed E-state index contributed by atoms with van der Waals surface area (Å²) < 4.78 is 0. The van der Waals surface area contributed by atoms with Gasteiger partial charge in [0.1, 0.15) is 5.75 Å². The van der Waals surface area contributed by atoms with E-state index in [1.165, 1.54) is 0 Å². The Morgan fingerprint density at radius 3 is 2.52 bits per heavy atom.